The van der Waals surface area contributed by atoms with E-state index in [2.05, 4.69) is 18.9 Å². The fourth-order valence-electron chi connectivity index (χ4n) is 3.52. The highest BCUT2D eigenvalue weighted by Gasteiger charge is 2.45. The summed E-state index contributed by atoms with van der Waals surface area (Å²) in [6.07, 6.45) is 7.20. The fourth-order valence-corrected chi connectivity index (χ4v) is 3.52. The Morgan fingerprint density at radius 3 is 2.61 bits per heavy atom. The van der Waals surface area contributed by atoms with Crippen LogP contribution in [0.1, 0.15) is 46.0 Å². The monoisotopic (exact) mass is 254 g/mol. The van der Waals surface area contributed by atoms with Gasteiger partial charge < -0.3 is 9.84 Å². The molecule has 18 heavy (non-hydrogen) atoms. The lowest BCUT2D eigenvalue weighted by molar-refractivity contribution is -0.132. The molecule has 2 heterocycles. The van der Waals surface area contributed by atoms with Crippen molar-refractivity contribution in [1.82, 2.24) is 10.0 Å². The molecule has 1 N–H and O–H groups in total. The molecule has 4 nitrogen and oxygen atoms in total. The largest absolute Gasteiger partial charge is 0.494 e. The van der Waals surface area contributed by atoms with Crippen LogP contribution in [-0.2, 0) is 4.74 Å². The third-order valence-electron chi connectivity index (χ3n) is 4.68. The molecule has 0 aromatic carbocycles. The lowest BCUT2D eigenvalue weighted by Gasteiger charge is -2.44. The van der Waals surface area contributed by atoms with Crippen LogP contribution in [-0.4, -0.2) is 47.0 Å². The maximum Gasteiger partial charge on any atom is 0.197 e. The Bertz CT molecular complexity index is 305. The molecule has 2 aliphatic rings. The first-order valence-electron chi connectivity index (χ1n) is 7.17. The molecule has 2 aliphatic heterocycles. The molecule has 1 fully saturated rings. The highest BCUT2D eigenvalue weighted by molar-refractivity contribution is 5.02. The minimum Gasteiger partial charge on any atom is -0.494 e. The smallest absolute Gasteiger partial charge is 0.197 e. The van der Waals surface area contributed by atoms with E-state index in [1.165, 1.54) is 6.42 Å². The Labute approximate surface area is 110 Å². The highest BCUT2D eigenvalue weighted by atomic mass is 16.5. The van der Waals surface area contributed by atoms with Crippen LogP contribution in [0, 0.1) is 0 Å². The number of hydrazine groups is 1. The van der Waals surface area contributed by atoms with Crippen molar-refractivity contribution in [2.24, 2.45) is 0 Å². The van der Waals surface area contributed by atoms with Gasteiger partial charge in [-0.25, -0.2) is 5.01 Å². The quantitative estimate of drug-likeness (QED) is 0.818. The lowest BCUT2D eigenvalue weighted by atomic mass is 9.87. The predicted octanol–water partition coefficient (Wildman–Crippen LogP) is 2.68. The van der Waals surface area contributed by atoms with Gasteiger partial charge in [0.15, 0.2) is 5.88 Å². The molecule has 0 radical (unpaired) electrons. The van der Waals surface area contributed by atoms with E-state index in [-0.39, 0.29) is 5.60 Å². The Balaban J connectivity index is 2.18. The molecule has 0 unspecified atom stereocenters. The summed E-state index contributed by atoms with van der Waals surface area (Å²) >= 11 is 0. The normalized spacial score (nSPS) is 25.8. The van der Waals surface area contributed by atoms with Gasteiger partial charge in [-0.05, 0) is 38.2 Å². The summed E-state index contributed by atoms with van der Waals surface area (Å²) in [4.78, 5) is 0. The summed E-state index contributed by atoms with van der Waals surface area (Å²) in [6, 6.07) is 0.381. The highest BCUT2D eigenvalue weighted by Crippen LogP contribution is 2.37. The second-order valence-corrected chi connectivity index (χ2v) is 5.27. The van der Waals surface area contributed by atoms with Gasteiger partial charge in [0.05, 0.1) is 11.6 Å². The second kappa shape index (κ2) is 5.49. The van der Waals surface area contributed by atoms with Gasteiger partial charge >= 0.3 is 0 Å². The average molecular weight is 254 g/mol. The van der Waals surface area contributed by atoms with Gasteiger partial charge in [-0.1, -0.05) is 13.8 Å². The summed E-state index contributed by atoms with van der Waals surface area (Å²) in [5.41, 5.74) is -0.0840. The molecule has 2 rings (SSSR count). The number of aliphatic hydroxyl groups is 1. The Kier molecular flexibility index (Phi) is 4.17. The van der Waals surface area contributed by atoms with Crippen molar-refractivity contribution < 1.29 is 9.84 Å². The van der Waals surface area contributed by atoms with E-state index in [1.54, 1.807) is 0 Å². The van der Waals surface area contributed by atoms with E-state index in [0.29, 0.717) is 11.9 Å². The standard InChI is InChI=1S/C14H26N2O2/c1-4-14(5-2,18-3)12-8-6-10-15(12)16-11-7-9-13(16)17/h9,12,17H,4-8,10-11H2,1-3H3/t12-/m0/s1. The van der Waals surface area contributed by atoms with Crippen molar-refractivity contribution in [2.75, 3.05) is 20.2 Å². The van der Waals surface area contributed by atoms with Gasteiger partial charge in [0.1, 0.15) is 0 Å². The number of methoxy groups -OCH3 is 1. The van der Waals surface area contributed by atoms with Crippen LogP contribution in [0.2, 0.25) is 0 Å². The number of hydrogen-bond donors (Lipinski definition) is 1. The summed E-state index contributed by atoms with van der Waals surface area (Å²) in [5.74, 6) is 0.416. The van der Waals surface area contributed by atoms with Crippen LogP contribution < -0.4 is 0 Å². The van der Waals surface area contributed by atoms with Crippen LogP contribution in [0.4, 0.5) is 0 Å². The van der Waals surface area contributed by atoms with Gasteiger partial charge in [-0.15, -0.1) is 0 Å². The summed E-state index contributed by atoms with van der Waals surface area (Å²) in [6.45, 7) is 6.32. The number of aliphatic hydroxyl groups excluding tert-OH is 1. The molecule has 0 aromatic rings. The van der Waals surface area contributed by atoms with E-state index < -0.39 is 0 Å². The van der Waals surface area contributed by atoms with Gasteiger partial charge in [0, 0.05) is 20.2 Å². The predicted molar refractivity (Wildman–Crippen MR) is 72.1 cm³/mol. The van der Waals surface area contributed by atoms with Crippen LogP contribution in [0.25, 0.3) is 0 Å². The van der Waals surface area contributed by atoms with Crippen molar-refractivity contribution in [3.05, 3.63) is 12.0 Å². The van der Waals surface area contributed by atoms with Crippen LogP contribution in [0.3, 0.4) is 0 Å². The van der Waals surface area contributed by atoms with Gasteiger partial charge in [-0.3, -0.25) is 5.01 Å². The van der Waals surface area contributed by atoms with E-state index in [4.69, 9.17) is 4.74 Å². The van der Waals surface area contributed by atoms with Gasteiger partial charge in [0.25, 0.3) is 0 Å². The summed E-state index contributed by atoms with van der Waals surface area (Å²) in [7, 11) is 1.82. The summed E-state index contributed by atoms with van der Waals surface area (Å²) in [5, 5.41) is 14.3. The molecule has 0 bridgehead atoms. The van der Waals surface area contributed by atoms with Crippen molar-refractivity contribution in [3.8, 4) is 0 Å². The molecule has 0 spiro atoms. The summed E-state index contributed by atoms with van der Waals surface area (Å²) < 4.78 is 5.88. The minimum atomic E-state index is -0.0840. The van der Waals surface area contributed by atoms with Gasteiger partial charge in [0.2, 0.25) is 0 Å². The maximum absolute atomic E-state index is 9.96. The molecular formula is C14H26N2O2. The Morgan fingerprint density at radius 1 is 1.39 bits per heavy atom. The Morgan fingerprint density at radius 2 is 2.11 bits per heavy atom. The van der Waals surface area contributed by atoms with Crippen molar-refractivity contribution >= 4 is 0 Å². The van der Waals surface area contributed by atoms with Crippen LogP contribution >= 0.6 is 0 Å². The van der Waals surface area contributed by atoms with Crippen molar-refractivity contribution in [2.45, 2.75) is 57.6 Å². The molecular weight excluding hydrogens is 228 g/mol. The zero-order valence-corrected chi connectivity index (χ0v) is 11.9. The molecule has 104 valence electrons. The first-order valence-corrected chi connectivity index (χ1v) is 7.17. The third-order valence-corrected chi connectivity index (χ3v) is 4.68. The van der Waals surface area contributed by atoms with Crippen LogP contribution in [0.15, 0.2) is 12.0 Å². The van der Waals surface area contributed by atoms with E-state index in [9.17, 15) is 5.11 Å². The minimum absolute atomic E-state index is 0.0840. The first-order chi connectivity index (χ1) is 8.68. The molecule has 4 heteroatoms. The molecule has 0 aliphatic carbocycles. The maximum atomic E-state index is 9.96. The zero-order chi connectivity index (χ0) is 13.2. The van der Waals surface area contributed by atoms with E-state index in [0.717, 1.165) is 38.8 Å². The SMILES string of the molecule is CCC(CC)(OC)[C@@H]1CCCN1N1CCC=C1O. The van der Waals surface area contributed by atoms with Gasteiger partial charge in [-0.2, -0.15) is 0 Å². The number of rotatable bonds is 5. The van der Waals surface area contributed by atoms with E-state index >= 15 is 0 Å². The van der Waals surface area contributed by atoms with Crippen molar-refractivity contribution in [1.29, 1.82) is 0 Å². The van der Waals surface area contributed by atoms with Crippen LogP contribution in [0.5, 0.6) is 0 Å². The molecule has 1 atom stereocenters. The lowest BCUT2D eigenvalue weighted by Crippen LogP contribution is -2.55. The molecule has 0 saturated carbocycles. The average Bonchev–Trinajstić information content (AvgIpc) is 3.01. The third kappa shape index (κ3) is 2.12. The molecule has 1 saturated heterocycles. The number of ether oxygens (including phenoxy) is 1. The zero-order valence-electron chi connectivity index (χ0n) is 11.9. The first kappa shape index (κ1) is 13.7. The molecule has 0 amide bonds. The number of hydrogen-bond acceptors (Lipinski definition) is 4. The van der Waals surface area contributed by atoms with Crippen molar-refractivity contribution in [3.63, 3.8) is 0 Å². The second-order valence-electron chi connectivity index (χ2n) is 5.27. The fraction of sp³-hybridized carbons (Fsp3) is 0.857. The molecule has 0 aromatic heterocycles. The Hall–Kier alpha value is -0.740. The topological polar surface area (TPSA) is 35.9 Å². The number of nitrogens with zero attached hydrogens (tertiary/aromatic N) is 2. The van der Waals surface area contributed by atoms with E-state index in [1.807, 2.05) is 18.2 Å².